The zero-order valence-electron chi connectivity index (χ0n) is 16.6. The zero-order valence-corrected chi connectivity index (χ0v) is 16.6. The van der Waals surface area contributed by atoms with E-state index in [0.29, 0.717) is 6.61 Å². The number of esters is 1. The fraction of sp³-hybridized carbons (Fsp3) is 0.524. The SMILES string of the molecule is C=C[C@H](OCc1ccc(OC)cc1)[C@H](O)CCC(=O)CC(=O)OC(C)(C)C. The van der Waals surface area contributed by atoms with Crippen LogP contribution in [-0.2, 0) is 25.7 Å². The summed E-state index contributed by atoms with van der Waals surface area (Å²) in [4.78, 5) is 23.6. The number of hydrogen-bond acceptors (Lipinski definition) is 6. The number of ketones is 1. The molecule has 6 nitrogen and oxygen atoms in total. The summed E-state index contributed by atoms with van der Waals surface area (Å²) in [5, 5.41) is 10.3. The highest BCUT2D eigenvalue weighted by Crippen LogP contribution is 2.15. The largest absolute Gasteiger partial charge is 0.497 e. The van der Waals surface area contributed by atoms with Gasteiger partial charge in [0.2, 0.25) is 0 Å². The lowest BCUT2D eigenvalue weighted by atomic mass is 10.0. The summed E-state index contributed by atoms with van der Waals surface area (Å²) >= 11 is 0. The van der Waals surface area contributed by atoms with E-state index in [9.17, 15) is 14.7 Å². The normalized spacial score (nSPS) is 13.5. The lowest BCUT2D eigenvalue weighted by Crippen LogP contribution is -2.28. The van der Waals surface area contributed by atoms with E-state index in [1.165, 1.54) is 6.08 Å². The molecule has 6 heteroatoms. The number of hydrogen-bond donors (Lipinski definition) is 1. The van der Waals surface area contributed by atoms with Gasteiger partial charge in [-0.3, -0.25) is 9.59 Å². The van der Waals surface area contributed by atoms with Crippen molar-refractivity contribution in [3.8, 4) is 5.75 Å². The van der Waals surface area contributed by atoms with Crippen molar-refractivity contribution in [2.24, 2.45) is 0 Å². The van der Waals surface area contributed by atoms with Crippen molar-refractivity contribution in [2.75, 3.05) is 7.11 Å². The maximum absolute atomic E-state index is 11.9. The van der Waals surface area contributed by atoms with Gasteiger partial charge in [0, 0.05) is 6.42 Å². The Morgan fingerprint density at radius 3 is 2.37 bits per heavy atom. The van der Waals surface area contributed by atoms with E-state index in [0.717, 1.165) is 11.3 Å². The van der Waals surface area contributed by atoms with Crippen LogP contribution in [0.3, 0.4) is 0 Å². The van der Waals surface area contributed by atoms with Crippen molar-refractivity contribution in [1.29, 1.82) is 0 Å². The van der Waals surface area contributed by atoms with E-state index in [-0.39, 0.29) is 25.0 Å². The van der Waals surface area contributed by atoms with Crippen molar-refractivity contribution in [2.45, 2.75) is 64.4 Å². The summed E-state index contributed by atoms with van der Waals surface area (Å²) in [6.45, 7) is 9.20. The highest BCUT2D eigenvalue weighted by Gasteiger charge is 2.21. The van der Waals surface area contributed by atoms with Gasteiger partial charge < -0.3 is 19.3 Å². The van der Waals surface area contributed by atoms with Crippen molar-refractivity contribution in [1.82, 2.24) is 0 Å². The van der Waals surface area contributed by atoms with Gasteiger partial charge in [0.25, 0.3) is 0 Å². The van der Waals surface area contributed by atoms with Crippen LogP contribution in [0.25, 0.3) is 0 Å². The minimum Gasteiger partial charge on any atom is -0.497 e. The molecule has 0 amide bonds. The number of ether oxygens (including phenoxy) is 3. The molecule has 1 aromatic rings. The average molecular weight is 378 g/mol. The van der Waals surface area contributed by atoms with Gasteiger partial charge in [-0.15, -0.1) is 6.58 Å². The van der Waals surface area contributed by atoms with Crippen LogP contribution in [0.5, 0.6) is 5.75 Å². The van der Waals surface area contributed by atoms with Crippen LogP contribution < -0.4 is 4.74 Å². The number of aliphatic hydroxyl groups excluding tert-OH is 1. The Bertz CT molecular complexity index is 615. The summed E-state index contributed by atoms with van der Waals surface area (Å²) < 4.78 is 15.9. The smallest absolute Gasteiger partial charge is 0.313 e. The van der Waals surface area contributed by atoms with Crippen molar-refractivity contribution in [3.63, 3.8) is 0 Å². The van der Waals surface area contributed by atoms with Crippen molar-refractivity contribution >= 4 is 11.8 Å². The molecule has 27 heavy (non-hydrogen) atoms. The maximum Gasteiger partial charge on any atom is 0.313 e. The molecule has 0 saturated carbocycles. The number of Topliss-reactive ketones (excluding diaryl/α,β-unsaturated/α-hetero) is 1. The van der Waals surface area contributed by atoms with Crippen LogP contribution in [-0.4, -0.2) is 41.8 Å². The lowest BCUT2D eigenvalue weighted by Gasteiger charge is -2.21. The number of carbonyl (C=O) groups is 2. The molecule has 2 atom stereocenters. The molecule has 0 saturated heterocycles. The number of carbonyl (C=O) groups excluding carboxylic acids is 2. The van der Waals surface area contributed by atoms with Crippen LogP contribution in [0.4, 0.5) is 0 Å². The number of benzene rings is 1. The molecule has 0 aliphatic heterocycles. The van der Waals surface area contributed by atoms with Crippen LogP contribution in [0.1, 0.15) is 45.6 Å². The predicted octanol–water partition coefficient (Wildman–Crippen LogP) is 3.21. The van der Waals surface area contributed by atoms with Gasteiger partial charge in [-0.2, -0.15) is 0 Å². The summed E-state index contributed by atoms with van der Waals surface area (Å²) in [6, 6.07) is 7.40. The van der Waals surface area contributed by atoms with Gasteiger partial charge in [-0.25, -0.2) is 0 Å². The second-order valence-corrected chi connectivity index (χ2v) is 7.27. The minimum atomic E-state index is -0.886. The average Bonchev–Trinajstić information content (AvgIpc) is 2.59. The fourth-order valence-corrected chi connectivity index (χ4v) is 2.35. The molecule has 0 spiro atoms. The standard InChI is InChI=1S/C21H30O6/c1-6-19(26-14-15-7-10-17(25-5)11-8-15)18(23)12-9-16(22)13-20(24)27-21(2,3)4/h6-8,10-11,18-19,23H,1,9,12-14H2,2-5H3/t18-,19+/m1/s1. The Hall–Kier alpha value is -2.18. The summed E-state index contributed by atoms with van der Waals surface area (Å²) in [5.74, 6) is -0.0816. The zero-order chi connectivity index (χ0) is 20.4. The highest BCUT2D eigenvalue weighted by atomic mass is 16.6. The van der Waals surface area contributed by atoms with Crippen molar-refractivity contribution in [3.05, 3.63) is 42.5 Å². The monoisotopic (exact) mass is 378 g/mol. The Balaban J connectivity index is 2.41. The molecule has 0 unspecified atom stereocenters. The van der Waals surface area contributed by atoms with Crippen molar-refractivity contribution < 1.29 is 28.9 Å². The third kappa shape index (κ3) is 9.35. The van der Waals surface area contributed by atoms with E-state index < -0.39 is 23.8 Å². The molecule has 0 aliphatic carbocycles. The number of methoxy groups -OCH3 is 1. The van der Waals surface area contributed by atoms with E-state index >= 15 is 0 Å². The summed E-state index contributed by atoms with van der Waals surface area (Å²) in [5.41, 5.74) is 0.302. The Labute approximate surface area is 161 Å². The molecular weight excluding hydrogens is 348 g/mol. The van der Waals surface area contributed by atoms with Gasteiger partial charge >= 0.3 is 5.97 Å². The van der Waals surface area contributed by atoms with Gasteiger partial charge in [0.1, 0.15) is 29.7 Å². The Morgan fingerprint density at radius 2 is 1.85 bits per heavy atom. The first-order valence-electron chi connectivity index (χ1n) is 8.93. The molecule has 0 aliphatic rings. The lowest BCUT2D eigenvalue weighted by molar-refractivity contribution is -0.156. The molecule has 0 aromatic heterocycles. The van der Waals surface area contributed by atoms with Gasteiger partial charge in [-0.05, 0) is 44.9 Å². The number of aliphatic hydroxyl groups is 1. The molecule has 150 valence electrons. The van der Waals surface area contributed by atoms with Gasteiger partial charge in [0.15, 0.2) is 0 Å². The molecule has 0 radical (unpaired) electrons. The predicted molar refractivity (Wildman–Crippen MR) is 102 cm³/mol. The molecule has 1 rings (SSSR count). The molecular formula is C21H30O6. The number of rotatable bonds is 11. The van der Waals surface area contributed by atoms with Gasteiger partial charge in [0.05, 0.1) is 19.8 Å². The van der Waals surface area contributed by atoms with Crippen LogP contribution >= 0.6 is 0 Å². The molecule has 1 N–H and O–H groups in total. The highest BCUT2D eigenvalue weighted by molar-refractivity contribution is 5.95. The second kappa shape index (κ2) is 10.8. The Kier molecular flexibility index (Phi) is 9.18. The third-order valence-electron chi connectivity index (χ3n) is 3.69. The van der Waals surface area contributed by atoms with E-state index in [1.807, 2.05) is 24.3 Å². The molecule has 1 aromatic carbocycles. The summed E-state index contributed by atoms with van der Waals surface area (Å²) in [6.07, 6.45) is -0.0377. The quantitative estimate of drug-likeness (QED) is 0.362. The van der Waals surface area contributed by atoms with Crippen LogP contribution in [0, 0.1) is 0 Å². The molecule has 0 heterocycles. The van der Waals surface area contributed by atoms with Gasteiger partial charge in [-0.1, -0.05) is 18.2 Å². The van der Waals surface area contributed by atoms with Crippen LogP contribution in [0.2, 0.25) is 0 Å². The molecule has 0 fully saturated rings. The first-order valence-corrected chi connectivity index (χ1v) is 8.93. The molecule has 0 bridgehead atoms. The van der Waals surface area contributed by atoms with Crippen LogP contribution in [0.15, 0.2) is 36.9 Å². The van der Waals surface area contributed by atoms with E-state index in [2.05, 4.69) is 6.58 Å². The topological polar surface area (TPSA) is 82.1 Å². The first kappa shape index (κ1) is 22.9. The maximum atomic E-state index is 11.9. The second-order valence-electron chi connectivity index (χ2n) is 7.27. The van der Waals surface area contributed by atoms with E-state index in [1.54, 1.807) is 27.9 Å². The van der Waals surface area contributed by atoms with E-state index in [4.69, 9.17) is 14.2 Å². The Morgan fingerprint density at radius 1 is 1.22 bits per heavy atom. The minimum absolute atomic E-state index is 0.0661. The first-order chi connectivity index (χ1) is 12.6. The summed E-state index contributed by atoms with van der Waals surface area (Å²) in [7, 11) is 1.60. The third-order valence-corrected chi connectivity index (χ3v) is 3.69. The fourth-order valence-electron chi connectivity index (χ4n) is 2.35.